The van der Waals surface area contributed by atoms with Gasteiger partial charge < -0.3 is 71.8 Å². The standard InChI is InChI=1S/C15H18N4O5.C14H12O3.C8H14N3O6P/c1-5-9(16)12(21)8-6(4-24-14(17)22)15(23-2)13-7(18-13)3-19(15)10(8)11(5)20;15-12-5-3-10(4-6-12)1-2-11-7-13(16)9-14(17)8-11;9-7-1-2-11(8(13)10-7)3-6(4-12)17-5-18(14,15)16/h6-7,13,18H,3-4,16H2,1-2H3,(H2,17,22);1-9,15-17H;1-2,6,12H,3-5H2,(H2,9,10,13)(H2,14,15,16)/b;2-1+;/t6-,7+,13+,15-;;6-/m1.0/s1. The molecule has 13 N–H and O–H groups in total. The van der Waals surface area contributed by atoms with Crippen LogP contribution >= 0.6 is 7.60 Å². The Morgan fingerprint density at radius 2 is 1.66 bits per heavy atom. The van der Waals surface area contributed by atoms with Gasteiger partial charge in [-0.25, -0.2) is 9.59 Å². The van der Waals surface area contributed by atoms with E-state index in [9.17, 15) is 34.0 Å². The molecule has 0 bridgehead atoms. The van der Waals surface area contributed by atoms with Crippen LogP contribution in [0.2, 0.25) is 0 Å². The quantitative estimate of drug-likeness (QED) is 0.0511. The summed E-state index contributed by atoms with van der Waals surface area (Å²) in [6.07, 6.45) is 2.26. The molecule has 4 aliphatic rings. The number of phenols is 3. The first kappa shape index (κ1) is 44.1. The number of aliphatic hydroxyl groups excluding tert-OH is 1. The van der Waals surface area contributed by atoms with Gasteiger partial charge in [0.2, 0.25) is 11.6 Å². The lowest BCUT2D eigenvalue weighted by atomic mass is 9.82. The molecule has 0 unspecified atom stereocenters. The van der Waals surface area contributed by atoms with E-state index in [2.05, 4.69) is 10.3 Å². The number of anilines is 1. The van der Waals surface area contributed by atoms with E-state index in [1.807, 2.05) is 11.0 Å². The molecule has 2 aromatic carbocycles. The molecule has 2 saturated heterocycles. The van der Waals surface area contributed by atoms with Gasteiger partial charge in [-0.05, 0) is 48.4 Å². The number of fused-ring (bicyclic) bond motifs is 4. The number of carbonyl (C=O) groups is 3. The number of aliphatic hydroxyl groups is 1. The molecule has 0 saturated carbocycles. The number of methoxy groups -OCH3 is 1. The third-order valence-electron chi connectivity index (χ3n) is 9.74. The number of aromatic hydroxyl groups is 3. The van der Waals surface area contributed by atoms with Crippen molar-refractivity contribution in [3.8, 4) is 17.2 Å². The Balaban J connectivity index is 0.000000172. The number of nitrogens with two attached hydrogens (primary N) is 3. The summed E-state index contributed by atoms with van der Waals surface area (Å²) < 4.78 is 27.3. The molecule has 316 valence electrons. The Labute approximate surface area is 335 Å². The Hall–Kier alpha value is -6.06. The van der Waals surface area contributed by atoms with Crippen molar-refractivity contribution in [1.82, 2.24) is 19.8 Å². The van der Waals surface area contributed by atoms with Crippen molar-refractivity contribution < 1.29 is 63.4 Å². The molecule has 4 heterocycles. The number of carbonyl (C=O) groups excluding carboxylic acids is 3. The number of allylic oxidation sites excluding steroid dienone is 2. The smallest absolute Gasteiger partial charge is 0.404 e. The van der Waals surface area contributed by atoms with E-state index in [1.54, 1.807) is 42.5 Å². The summed E-state index contributed by atoms with van der Waals surface area (Å²) in [7, 11) is -2.80. The van der Waals surface area contributed by atoms with Crippen LogP contribution < -0.4 is 28.2 Å². The highest BCUT2D eigenvalue weighted by atomic mass is 31.2. The van der Waals surface area contributed by atoms with Gasteiger partial charge in [-0.2, -0.15) is 4.98 Å². The van der Waals surface area contributed by atoms with Crippen LogP contribution in [0.25, 0.3) is 12.2 Å². The van der Waals surface area contributed by atoms with Crippen molar-refractivity contribution >= 4 is 43.2 Å². The predicted octanol–water partition coefficient (Wildman–Crippen LogP) is -0.339. The summed E-state index contributed by atoms with van der Waals surface area (Å²) in [6.45, 7) is 1.35. The van der Waals surface area contributed by atoms with Crippen LogP contribution in [-0.2, 0) is 34.9 Å². The number of nitrogen functional groups attached to an aromatic ring is 1. The number of piperazine rings is 1. The zero-order valence-electron chi connectivity index (χ0n) is 31.7. The molecule has 3 aromatic rings. The Morgan fingerprint density at radius 3 is 2.24 bits per heavy atom. The topological polar surface area (TPSA) is 355 Å². The van der Waals surface area contributed by atoms with Crippen LogP contribution in [0.3, 0.4) is 0 Å². The lowest BCUT2D eigenvalue weighted by Crippen LogP contribution is -2.55. The fraction of sp³-hybridized carbons (Fsp3) is 0.324. The van der Waals surface area contributed by atoms with Gasteiger partial charge in [-0.1, -0.05) is 24.3 Å². The van der Waals surface area contributed by atoms with Crippen LogP contribution in [0.1, 0.15) is 18.1 Å². The number of ether oxygens (including phenoxy) is 3. The van der Waals surface area contributed by atoms with E-state index in [0.717, 1.165) is 10.1 Å². The minimum atomic E-state index is -4.31. The third kappa shape index (κ3) is 9.98. The molecular formula is C37H44N7O14P. The van der Waals surface area contributed by atoms with Gasteiger partial charge in [0.05, 0.1) is 42.6 Å². The molecule has 3 aliphatic heterocycles. The van der Waals surface area contributed by atoms with Gasteiger partial charge in [-0.3, -0.25) is 18.7 Å². The van der Waals surface area contributed by atoms with Gasteiger partial charge in [0.25, 0.3) is 0 Å². The highest BCUT2D eigenvalue weighted by Gasteiger charge is 2.72. The Bertz CT molecular complexity index is 2290. The fourth-order valence-corrected chi connectivity index (χ4v) is 7.37. The fourth-order valence-electron chi connectivity index (χ4n) is 6.97. The number of nitrogens with zero attached hydrogens (tertiary/aromatic N) is 3. The molecule has 59 heavy (non-hydrogen) atoms. The molecule has 0 radical (unpaired) electrons. The number of amides is 1. The normalized spacial score (nSPS) is 22.2. The average Bonchev–Trinajstić information content (AvgIpc) is 3.79. The number of hydrogen-bond donors (Lipinski definition) is 10. The van der Waals surface area contributed by atoms with Crippen LogP contribution in [0.4, 0.5) is 10.6 Å². The molecule has 1 aromatic heterocycles. The number of aromatic nitrogens is 2. The number of ketones is 2. The van der Waals surface area contributed by atoms with Crippen LogP contribution in [0.5, 0.6) is 17.2 Å². The maximum atomic E-state index is 12.8. The van der Waals surface area contributed by atoms with Crippen molar-refractivity contribution in [2.45, 2.75) is 37.4 Å². The summed E-state index contributed by atoms with van der Waals surface area (Å²) in [5, 5.41) is 40.0. The molecule has 22 heteroatoms. The largest absolute Gasteiger partial charge is 0.508 e. The number of benzene rings is 2. The molecule has 1 amide bonds. The van der Waals surface area contributed by atoms with E-state index in [1.165, 1.54) is 32.4 Å². The van der Waals surface area contributed by atoms with Gasteiger partial charge in [0, 0.05) is 43.1 Å². The summed E-state index contributed by atoms with van der Waals surface area (Å²) >= 11 is 0. The van der Waals surface area contributed by atoms with Crippen molar-refractivity contribution in [2.24, 2.45) is 17.4 Å². The maximum Gasteiger partial charge on any atom is 0.404 e. The first-order chi connectivity index (χ1) is 27.8. The molecular weight excluding hydrogens is 797 g/mol. The lowest BCUT2D eigenvalue weighted by Gasteiger charge is -2.39. The third-order valence-corrected chi connectivity index (χ3v) is 10.2. The Kier molecular flexibility index (Phi) is 13.3. The molecule has 7 rings (SSSR count). The summed E-state index contributed by atoms with van der Waals surface area (Å²) in [5.41, 5.74) is 17.0. The van der Waals surface area contributed by atoms with Gasteiger partial charge in [-0.15, -0.1) is 0 Å². The summed E-state index contributed by atoms with van der Waals surface area (Å²) in [5.74, 6) is -1.01. The van der Waals surface area contributed by atoms with E-state index in [0.29, 0.717) is 17.8 Å². The SMILES string of the molecule is CO[C@@]12[C@H](COC(N)=O)C3=C(C(=O)C(C)=C(N)C3=O)N1C[C@@H]1N[C@@H]12.Nc1ccn(C[C@@H](CO)OCP(=O)(O)O)c(=O)n1.Oc1ccc(/C=C/c2cc(O)cc(O)c2)cc1. The Morgan fingerprint density at radius 1 is 1.02 bits per heavy atom. The highest BCUT2D eigenvalue weighted by Crippen LogP contribution is 2.55. The molecule has 5 atom stereocenters. The van der Waals surface area contributed by atoms with Crippen LogP contribution in [0.15, 0.2) is 82.1 Å². The number of Topliss-reactive ketones (excluding diaryl/α,β-unsaturated/α-hetero) is 2. The first-order valence-corrected chi connectivity index (χ1v) is 19.5. The summed E-state index contributed by atoms with van der Waals surface area (Å²) in [4.78, 5) is 70.5. The number of nitrogens with one attached hydrogen (secondary N) is 1. The molecule has 1 aliphatic carbocycles. The van der Waals surface area contributed by atoms with Gasteiger partial charge >= 0.3 is 19.4 Å². The number of rotatable bonds is 11. The summed E-state index contributed by atoms with van der Waals surface area (Å²) in [6, 6.07) is 12.6. The molecule has 21 nitrogen and oxygen atoms in total. The van der Waals surface area contributed by atoms with E-state index in [4.69, 9.17) is 51.4 Å². The minimum absolute atomic E-state index is 0.0235. The van der Waals surface area contributed by atoms with Gasteiger partial charge in [0.1, 0.15) is 36.0 Å². The lowest BCUT2D eigenvalue weighted by molar-refractivity contribution is -0.137. The number of phenolic OH excluding ortho intramolecular Hbond substituents is 3. The predicted molar refractivity (Wildman–Crippen MR) is 209 cm³/mol. The highest BCUT2D eigenvalue weighted by molar-refractivity contribution is 7.51. The van der Waals surface area contributed by atoms with Crippen LogP contribution in [0, 0.1) is 5.92 Å². The number of primary amides is 1. The maximum absolute atomic E-state index is 12.8. The number of hydrogen-bond acceptors (Lipinski definition) is 17. The molecule has 0 spiro atoms. The second kappa shape index (κ2) is 17.8. The van der Waals surface area contributed by atoms with E-state index in [-0.39, 0.29) is 70.9 Å². The minimum Gasteiger partial charge on any atom is -0.508 e. The zero-order chi connectivity index (χ0) is 43.4. The van der Waals surface area contributed by atoms with Crippen molar-refractivity contribution in [3.63, 3.8) is 0 Å². The van der Waals surface area contributed by atoms with E-state index >= 15 is 0 Å². The van der Waals surface area contributed by atoms with Gasteiger partial charge in [0.15, 0.2) is 5.72 Å². The van der Waals surface area contributed by atoms with Crippen LogP contribution in [-0.4, -0.2) is 119 Å². The van der Waals surface area contributed by atoms with Crippen molar-refractivity contribution in [3.05, 3.63) is 98.9 Å². The van der Waals surface area contributed by atoms with Crippen molar-refractivity contribution in [1.29, 1.82) is 0 Å². The molecule has 2 fully saturated rings. The van der Waals surface area contributed by atoms with Crippen molar-refractivity contribution in [2.75, 3.05) is 38.9 Å². The monoisotopic (exact) mass is 841 g/mol. The average molecular weight is 842 g/mol. The second-order valence-electron chi connectivity index (χ2n) is 13.7. The first-order valence-electron chi connectivity index (χ1n) is 17.7. The zero-order valence-corrected chi connectivity index (χ0v) is 32.6. The van der Waals surface area contributed by atoms with E-state index < -0.39 is 55.9 Å². The second-order valence-corrected chi connectivity index (χ2v) is 15.3.